The third-order valence-electron chi connectivity index (χ3n) is 6.69. The van der Waals surface area contributed by atoms with Crippen molar-refractivity contribution >= 4 is 34.3 Å². The molecule has 2 atom stereocenters. The number of halogens is 4. The van der Waals surface area contributed by atoms with Crippen molar-refractivity contribution < 1.29 is 28.5 Å². The first-order valence-electron chi connectivity index (χ1n) is 12.9. The first-order chi connectivity index (χ1) is 19.4. The van der Waals surface area contributed by atoms with Crippen molar-refractivity contribution in [2.75, 3.05) is 25.9 Å². The number of aromatic nitrogens is 1. The number of fused-ring (bicyclic) bond motifs is 1. The normalized spacial score (nSPS) is 13.6. The van der Waals surface area contributed by atoms with E-state index in [1.54, 1.807) is 0 Å². The number of aromatic hydroxyl groups is 1. The van der Waals surface area contributed by atoms with E-state index < -0.39 is 29.5 Å². The second-order valence-corrected chi connectivity index (χ2v) is 11.3. The molecule has 0 radical (unpaired) electrons. The number of rotatable bonds is 11. The molecule has 0 bridgehead atoms. The van der Waals surface area contributed by atoms with E-state index in [4.69, 9.17) is 11.6 Å². The van der Waals surface area contributed by atoms with Crippen LogP contribution < -0.4 is 5.56 Å². The summed E-state index contributed by atoms with van der Waals surface area (Å²) in [5, 5.41) is 32.0. The van der Waals surface area contributed by atoms with Crippen LogP contribution in [0.5, 0.6) is 5.75 Å². The highest BCUT2D eigenvalue weighted by molar-refractivity contribution is 7.99. The fourth-order valence-electron chi connectivity index (χ4n) is 4.59. The molecule has 11 heteroatoms. The number of pyridine rings is 1. The lowest BCUT2D eigenvalue weighted by Gasteiger charge is -2.21. The Morgan fingerprint density at radius 3 is 2.49 bits per heavy atom. The van der Waals surface area contributed by atoms with E-state index in [0.29, 0.717) is 25.9 Å². The molecule has 0 amide bonds. The molecule has 4 rings (SSSR count). The first-order valence-corrected chi connectivity index (χ1v) is 14.3. The van der Waals surface area contributed by atoms with Crippen LogP contribution >= 0.6 is 23.4 Å². The van der Waals surface area contributed by atoms with Crippen molar-refractivity contribution in [1.82, 2.24) is 9.88 Å². The van der Waals surface area contributed by atoms with Gasteiger partial charge in [-0.1, -0.05) is 41.9 Å². The van der Waals surface area contributed by atoms with Crippen LogP contribution in [0.25, 0.3) is 22.0 Å². The summed E-state index contributed by atoms with van der Waals surface area (Å²) in [5.74, 6) is -0.153. The number of aliphatic hydroxyl groups is 2. The Labute approximate surface area is 244 Å². The molecule has 0 aliphatic heterocycles. The van der Waals surface area contributed by atoms with Crippen molar-refractivity contribution in [3.05, 3.63) is 93.2 Å². The second kappa shape index (κ2) is 13.3. The number of likely N-dealkylation sites (N-methyl/N-ethyl adjacent to an activating group) is 1. The van der Waals surface area contributed by atoms with Gasteiger partial charge < -0.3 is 25.2 Å². The molecule has 0 spiro atoms. The van der Waals surface area contributed by atoms with E-state index in [9.17, 15) is 33.3 Å². The van der Waals surface area contributed by atoms with Gasteiger partial charge in [-0.25, -0.2) is 0 Å². The third kappa shape index (κ3) is 7.84. The molecule has 1 heterocycles. The highest BCUT2D eigenvalue weighted by atomic mass is 35.5. The van der Waals surface area contributed by atoms with Gasteiger partial charge in [0.2, 0.25) is 0 Å². The Kier molecular flexibility index (Phi) is 10.0. The van der Waals surface area contributed by atoms with E-state index in [1.807, 2.05) is 42.3 Å². The van der Waals surface area contributed by atoms with Gasteiger partial charge in [-0.3, -0.25) is 4.79 Å². The van der Waals surface area contributed by atoms with Crippen LogP contribution in [0.4, 0.5) is 13.2 Å². The van der Waals surface area contributed by atoms with Crippen molar-refractivity contribution in [1.29, 1.82) is 0 Å². The first kappa shape index (κ1) is 30.9. The molecule has 0 aliphatic carbocycles. The smallest absolute Gasteiger partial charge is 0.416 e. The summed E-state index contributed by atoms with van der Waals surface area (Å²) in [4.78, 5) is 17.8. The highest BCUT2D eigenvalue weighted by Gasteiger charge is 2.31. The molecule has 0 aliphatic rings. The van der Waals surface area contributed by atoms with Crippen LogP contribution in [0.15, 0.2) is 76.4 Å². The molecule has 4 aromatic rings. The summed E-state index contributed by atoms with van der Waals surface area (Å²) < 4.78 is 40.7. The van der Waals surface area contributed by atoms with Gasteiger partial charge in [0, 0.05) is 39.4 Å². The van der Waals surface area contributed by atoms with E-state index in [2.05, 4.69) is 4.98 Å². The second-order valence-electron chi connectivity index (χ2n) is 9.87. The zero-order chi connectivity index (χ0) is 29.7. The maximum atomic E-state index is 13.6. The molecule has 6 nitrogen and oxygen atoms in total. The predicted octanol–water partition coefficient (Wildman–Crippen LogP) is 6.47. The minimum Gasteiger partial charge on any atom is -0.507 e. The van der Waals surface area contributed by atoms with Gasteiger partial charge in [0.25, 0.3) is 5.56 Å². The summed E-state index contributed by atoms with van der Waals surface area (Å²) >= 11 is 7.15. The molecular formula is C30H30ClF3N2O4S. The van der Waals surface area contributed by atoms with E-state index in [-0.39, 0.29) is 43.5 Å². The van der Waals surface area contributed by atoms with Gasteiger partial charge in [-0.15, -0.1) is 11.8 Å². The van der Waals surface area contributed by atoms with Gasteiger partial charge in [-0.05, 0) is 68.4 Å². The number of phenols is 1. The van der Waals surface area contributed by atoms with Gasteiger partial charge in [0.05, 0.1) is 22.7 Å². The lowest BCUT2D eigenvalue weighted by molar-refractivity contribution is -0.137. The topological polar surface area (TPSA) is 96.8 Å². The standard InChI is InChI=1S/C30H30ClF3N2O4S/c1-36(16-26(39)18-6-3-2-4-7-18)13-5-8-21(37)17-41-28-27(23-15-20(31)10-12-25(23)38)22-14-19(30(32,33)34)9-11-24(22)35-29(28)40/h2-4,6-7,9-12,14-15,21,26,37-39H,5,8,13,16-17H2,1H3,(H,35,40). The zero-order valence-corrected chi connectivity index (χ0v) is 23.7. The number of hydrogen-bond donors (Lipinski definition) is 4. The fourth-order valence-corrected chi connectivity index (χ4v) is 5.84. The van der Waals surface area contributed by atoms with Crippen LogP contribution in [0.3, 0.4) is 0 Å². The number of aliphatic hydroxyl groups excluding tert-OH is 2. The van der Waals surface area contributed by atoms with Crippen LogP contribution in [0.1, 0.15) is 30.1 Å². The number of nitrogens with zero attached hydrogens (tertiary/aromatic N) is 1. The Balaban J connectivity index is 1.51. The van der Waals surface area contributed by atoms with Crippen LogP contribution in [0, 0.1) is 0 Å². The largest absolute Gasteiger partial charge is 0.507 e. The monoisotopic (exact) mass is 606 g/mol. The molecular weight excluding hydrogens is 577 g/mol. The Hall–Kier alpha value is -3.02. The van der Waals surface area contributed by atoms with Crippen molar-refractivity contribution in [2.24, 2.45) is 0 Å². The van der Waals surface area contributed by atoms with Crippen molar-refractivity contribution in [3.63, 3.8) is 0 Å². The average molecular weight is 607 g/mol. The number of aromatic amines is 1. The predicted molar refractivity (Wildman–Crippen MR) is 157 cm³/mol. The quantitative estimate of drug-likeness (QED) is 0.146. The number of benzene rings is 3. The highest BCUT2D eigenvalue weighted by Crippen LogP contribution is 2.42. The maximum Gasteiger partial charge on any atom is 0.416 e. The maximum absolute atomic E-state index is 13.6. The molecule has 0 saturated carbocycles. The third-order valence-corrected chi connectivity index (χ3v) is 8.16. The van der Waals surface area contributed by atoms with Crippen LogP contribution in [0.2, 0.25) is 5.02 Å². The number of alkyl halides is 3. The Morgan fingerprint density at radius 2 is 1.78 bits per heavy atom. The van der Waals surface area contributed by atoms with E-state index in [1.165, 1.54) is 24.3 Å². The van der Waals surface area contributed by atoms with Crippen molar-refractivity contribution in [3.8, 4) is 16.9 Å². The fraction of sp³-hybridized carbons (Fsp3) is 0.300. The number of hydrogen-bond acceptors (Lipinski definition) is 6. The number of H-pyrrole nitrogens is 1. The minimum absolute atomic E-state index is 0.0662. The van der Waals surface area contributed by atoms with Crippen molar-refractivity contribution in [2.45, 2.75) is 36.1 Å². The Morgan fingerprint density at radius 1 is 1.05 bits per heavy atom. The number of phenolic OH excluding ortho intramolecular Hbond substituents is 1. The van der Waals surface area contributed by atoms with E-state index >= 15 is 0 Å². The summed E-state index contributed by atoms with van der Waals surface area (Å²) in [5.41, 5.74) is -0.246. The lowest BCUT2D eigenvalue weighted by Crippen LogP contribution is -2.26. The molecule has 4 N–H and O–H groups in total. The molecule has 41 heavy (non-hydrogen) atoms. The van der Waals surface area contributed by atoms with Crippen LogP contribution in [-0.2, 0) is 6.18 Å². The average Bonchev–Trinajstić information content (AvgIpc) is 2.92. The molecule has 0 fully saturated rings. The zero-order valence-electron chi connectivity index (χ0n) is 22.2. The van der Waals surface area contributed by atoms with Gasteiger partial charge >= 0.3 is 6.18 Å². The van der Waals surface area contributed by atoms with Gasteiger partial charge in [-0.2, -0.15) is 13.2 Å². The van der Waals surface area contributed by atoms with Gasteiger partial charge in [0.15, 0.2) is 0 Å². The number of thioether (sulfide) groups is 1. The molecule has 1 aromatic heterocycles. The minimum atomic E-state index is -4.62. The SMILES string of the molecule is CN(CCCC(O)CSc1c(-c2cc(Cl)ccc2O)c2cc(C(F)(F)F)ccc2[nH]c1=O)CC(O)c1ccccc1. The summed E-state index contributed by atoms with van der Waals surface area (Å²) in [7, 11) is 1.88. The summed E-state index contributed by atoms with van der Waals surface area (Å²) in [6.07, 6.45) is -5.05. The lowest BCUT2D eigenvalue weighted by atomic mass is 9.98. The molecule has 3 aromatic carbocycles. The van der Waals surface area contributed by atoms with E-state index in [0.717, 1.165) is 29.5 Å². The number of nitrogens with one attached hydrogen (secondary N) is 1. The van der Waals surface area contributed by atoms with Gasteiger partial charge in [0.1, 0.15) is 5.75 Å². The summed E-state index contributed by atoms with van der Waals surface area (Å²) in [6, 6.07) is 16.5. The molecule has 0 saturated heterocycles. The Bertz CT molecular complexity index is 1550. The molecule has 218 valence electrons. The van der Waals surface area contributed by atoms with Crippen LogP contribution in [-0.4, -0.2) is 57.2 Å². The molecule has 2 unspecified atom stereocenters. The summed E-state index contributed by atoms with van der Waals surface area (Å²) in [6.45, 7) is 1.04.